The van der Waals surface area contributed by atoms with Crippen molar-refractivity contribution in [2.75, 3.05) is 25.5 Å². The average Bonchev–Trinajstić information content (AvgIpc) is 3.11. The van der Waals surface area contributed by atoms with Gasteiger partial charge >= 0.3 is 6.03 Å². The molecule has 1 atom stereocenters. The van der Waals surface area contributed by atoms with E-state index < -0.39 is 0 Å². The van der Waals surface area contributed by atoms with Crippen molar-refractivity contribution in [3.8, 4) is 5.75 Å². The minimum atomic E-state index is -0.296. The molecule has 0 bridgehead atoms. The molecule has 0 aliphatic heterocycles. The van der Waals surface area contributed by atoms with Crippen molar-refractivity contribution in [1.82, 2.24) is 20.4 Å². The van der Waals surface area contributed by atoms with Gasteiger partial charge in [-0.2, -0.15) is 5.10 Å². The zero-order chi connectivity index (χ0) is 18.1. The second-order valence-electron chi connectivity index (χ2n) is 5.66. The quantitative estimate of drug-likeness (QED) is 0.675. The molecule has 0 fully saturated rings. The van der Waals surface area contributed by atoms with Gasteiger partial charge in [-0.05, 0) is 24.1 Å². The van der Waals surface area contributed by atoms with Crippen molar-refractivity contribution in [1.29, 1.82) is 0 Å². The third kappa shape index (κ3) is 6.54. The molecule has 2 aromatic rings. The zero-order valence-electron chi connectivity index (χ0n) is 14.4. The van der Waals surface area contributed by atoms with Gasteiger partial charge in [0.2, 0.25) is 0 Å². The molecule has 0 aliphatic carbocycles. The topological polar surface area (TPSA) is 97.3 Å². The first-order chi connectivity index (χ1) is 12.1. The molecule has 2 rings (SSSR count). The lowest BCUT2D eigenvalue weighted by Gasteiger charge is -2.14. The molecule has 0 aliphatic rings. The lowest BCUT2D eigenvalue weighted by Crippen LogP contribution is -2.33. The number of nitrogens with one attached hydrogen (secondary N) is 3. The van der Waals surface area contributed by atoms with E-state index in [1.165, 1.54) is 0 Å². The number of carbonyl (C=O) groups is 2. The summed E-state index contributed by atoms with van der Waals surface area (Å²) in [6.07, 6.45) is 3.62. The molecule has 1 heterocycles. The van der Waals surface area contributed by atoms with Crippen molar-refractivity contribution < 1.29 is 14.3 Å². The molecule has 8 heteroatoms. The Labute approximate surface area is 146 Å². The van der Waals surface area contributed by atoms with Crippen molar-refractivity contribution in [3.63, 3.8) is 0 Å². The van der Waals surface area contributed by atoms with E-state index in [2.05, 4.69) is 21.0 Å². The predicted molar refractivity (Wildman–Crippen MR) is 94.4 cm³/mol. The highest BCUT2D eigenvalue weighted by Crippen LogP contribution is 2.17. The summed E-state index contributed by atoms with van der Waals surface area (Å²) in [7, 11) is 1.54. The molecular weight excluding hydrogens is 322 g/mol. The van der Waals surface area contributed by atoms with E-state index in [9.17, 15) is 9.59 Å². The molecular formula is C17H23N5O3. The van der Waals surface area contributed by atoms with Gasteiger partial charge < -0.3 is 20.7 Å². The Morgan fingerprint density at radius 1 is 1.32 bits per heavy atom. The Bertz CT molecular complexity index is 687. The van der Waals surface area contributed by atoms with Gasteiger partial charge in [-0.3, -0.25) is 9.48 Å². The number of hydrogen-bond donors (Lipinski definition) is 3. The van der Waals surface area contributed by atoms with Crippen LogP contribution < -0.4 is 20.7 Å². The summed E-state index contributed by atoms with van der Waals surface area (Å²) in [4.78, 5) is 23.2. The molecule has 0 saturated carbocycles. The lowest BCUT2D eigenvalue weighted by molar-refractivity contribution is -0.122. The number of hydrogen-bond acceptors (Lipinski definition) is 4. The van der Waals surface area contributed by atoms with Crippen LogP contribution in [-0.2, 0) is 11.3 Å². The molecule has 3 N–H and O–H groups in total. The van der Waals surface area contributed by atoms with Gasteiger partial charge in [0.15, 0.2) is 6.61 Å². The Balaban J connectivity index is 1.76. The van der Waals surface area contributed by atoms with Crippen LogP contribution in [-0.4, -0.2) is 41.9 Å². The van der Waals surface area contributed by atoms with Gasteiger partial charge in [0, 0.05) is 44.3 Å². The maximum absolute atomic E-state index is 12.0. The monoisotopic (exact) mass is 345 g/mol. The number of ether oxygens (including phenoxy) is 1. The summed E-state index contributed by atoms with van der Waals surface area (Å²) in [5, 5.41) is 12.2. The highest BCUT2D eigenvalue weighted by atomic mass is 16.5. The number of nitrogens with zero attached hydrogens (tertiary/aromatic N) is 2. The SMILES string of the molecule is CNC(=O)COc1cccc(NC(=O)NC[C@H](C)Cn2cccn2)c1. The van der Waals surface area contributed by atoms with Gasteiger partial charge in [0.1, 0.15) is 5.75 Å². The average molecular weight is 345 g/mol. The normalized spacial score (nSPS) is 11.4. The highest BCUT2D eigenvalue weighted by Gasteiger charge is 2.08. The van der Waals surface area contributed by atoms with Gasteiger partial charge in [-0.1, -0.05) is 13.0 Å². The number of benzene rings is 1. The summed E-state index contributed by atoms with van der Waals surface area (Å²) in [6.45, 7) is 3.22. The summed E-state index contributed by atoms with van der Waals surface area (Å²) in [5.41, 5.74) is 0.589. The Morgan fingerprint density at radius 2 is 2.16 bits per heavy atom. The van der Waals surface area contributed by atoms with Crippen molar-refractivity contribution in [2.24, 2.45) is 5.92 Å². The minimum Gasteiger partial charge on any atom is -0.484 e. The molecule has 0 spiro atoms. The maximum atomic E-state index is 12.0. The smallest absolute Gasteiger partial charge is 0.319 e. The second-order valence-corrected chi connectivity index (χ2v) is 5.66. The van der Waals surface area contributed by atoms with Crippen LogP contribution >= 0.6 is 0 Å². The fraction of sp³-hybridized carbons (Fsp3) is 0.353. The number of rotatable bonds is 8. The molecule has 3 amide bonds. The van der Waals surface area contributed by atoms with Crippen LogP contribution in [0.1, 0.15) is 6.92 Å². The molecule has 0 radical (unpaired) electrons. The van der Waals surface area contributed by atoms with E-state index in [0.29, 0.717) is 18.0 Å². The van der Waals surface area contributed by atoms with Gasteiger partial charge in [-0.25, -0.2) is 4.79 Å². The van der Waals surface area contributed by atoms with Crippen LogP contribution in [0.25, 0.3) is 0 Å². The highest BCUT2D eigenvalue weighted by molar-refractivity contribution is 5.89. The number of likely N-dealkylation sites (N-methyl/N-ethyl adjacent to an activating group) is 1. The molecule has 1 aromatic carbocycles. The number of amides is 3. The van der Waals surface area contributed by atoms with Crippen LogP contribution in [0.5, 0.6) is 5.75 Å². The lowest BCUT2D eigenvalue weighted by atomic mass is 10.2. The van der Waals surface area contributed by atoms with Crippen LogP contribution in [0.15, 0.2) is 42.7 Å². The van der Waals surface area contributed by atoms with E-state index in [1.54, 1.807) is 37.5 Å². The third-order valence-corrected chi connectivity index (χ3v) is 3.41. The summed E-state index contributed by atoms with van der Waals surface area (Å²) >= 11 is 0. The first kappa shape index (κ1) is 18.3. The fourth-order valence-corrected chi connectivity index (χ4v) is 2.12. The minimum absolute atomic E-state index is 0.0723. The largest absolute Gasteiger partial charge is 0.484 e. The first-order valence-corrected chi connectivity index (χ1v) is 8.02. The Morgan fingerprint density at radius 3 is 2.88 bits per heavy atom. The van der Waals surface area contributed by atoms with Crippen LogP contribution in [0.3, 0.4) is 0 Å². The summed E-state index contributed by atoms with van der Waals surface area (Å²) < 4.78 is 7.18. The second kappa shape index (κ2) is 9.31. The van der Waals surface area contributed by atoms with E-state index in [4.69, 9.17) is 4.74 Å². The van der Waals surface area contributed by atoms with Crippen LogP contribution in [0, 0.1) is 5.92 Å². The van der Waals surface area contributed by atoms with Crippen molar-refractivity contribution in [2.45, 2.75) is 13.5 Å². The van der Waals surface area contributed by atoms with E-state index in [0.717, 1.165) is 6.54 Å². The number of urea groups is 1. The molecule has 8 nitrogen and oxygen atoms in total. The molecule has 0 saturated heterocycles. The van der Waals surface area contributed by atoms with Crippen molar-refractivity contribution in [3.05, 3.63) is 42.7 Å². The Kier molecular flexibility index (Phi) is 6.82. The number of anilines is 1. The predicted octanol–water partition coefficient (Wildman–Crippen LogP) is 1.47. The van der Waals surface area contributed by atoms with Crippen LogP contribution in [0.4, 0.5) is 10.5 Å². The van der Waals surface area contributed by atoms with Gasteiger partial charge in [0.05, 0.1) is 0 Å². The summed E-state index contributed by atoms with van der Waals surface area (Å²) in [6, 6.07) is 8.45. The molecule has 0 unspecified atom stereocenters. The Hall–Kier alpha value is -3.03. The van der Waals surface area contributed by atoms with Gasteiger partial charge in [0.25, 0.3) is 5.91 Å². The fourth-order valence-electron chi connectivity index (χ4n) is 2.12. The maximum Gasteiger partial charge on any atom is 0.319 e. The van der Waals surface area contributed by atoms with Gasteiger partial charge in [-0.15, -0.1) is 0 Å². The molecule has 134 valence electrons. The molecule has 1 aromatic heterocycles. The number of aromatic nitrogens is 2. The van der Waals surface area contributed by atoms with Crippen molar-refractivity contribution >= 4 is 17.6 Å². The zero-order valence-corrected chi connectivity index (χ0v) is 14.4. The third-order valence-electron chi connectivity index (χ3n) is 3.41. The van der Waals surface area contributed by atoms with Crippen LogP contribution in [0.2, 0.25) is 0 Å². The van der Waals surface area contributed by atoms with E-state index >= 15 is 0 Å². The van der Waals surface area contributed by atoms with E-state index in [1.807, 2.05) is 23.9 Å². The first-order valence-electron chi connectivity index (χ1n) is 8.02. The standard InChI is InChI=1S/C17H23N5O3/c1-13(11-22-8-4-7-20-22)10-19-17(24)21-14-5-3-6-15(9-14)25-12-16(23)18-2/h3-9,13H,10-12H2,1-2H3,(H,18,23)(H2,19,21,24)/t13-/m0/s1. The number of carbonyl (C=O) groups excluding carboxylic acids is 2. The molecule has 25 heavy (non-hydrogen) atoms. The van der Waals surface area contributed by atoms with E-state index in [-0.39, 0.29) is 24.5 Å². The summed E-state index contributed by atoms with van der Waals surface area (Å²) in [5.74, 6) is 0.531.